The molecule has 1 fully saturated rings. The second-order valence-electron chi connectivity index (χ2n) is 5.43. The van der Waals surface area contributed by atoms with Crippen molar-refractivity contribution >= 4 is 17.3 Å². The lowest BCUT2D eigenvalue weighted by Crippen LogP contribution is -2.17. The Balaban J connectivity index is 1.99. The van der Waals surface area contributed by atoms with Gasteiger partial charge >= 0.3 is 0 Å². The van der Waals surface area contributed by atoms with E-state index in [1.54, 1.807) is 6.07 Å². The molecule has 1 aliphatic carbocycles. The molecule has 1 heterocycles. The molecular weight excluding hydrogens is 274 g/mol. The Kier molecular flexibility index (Phi) is 3.61. The number of aromatic nitrogens is 4. The van der Waals surface area contributed by atoms with Gasteiger partial charge in [-0.05, 0) is 48.2 Å². The molecule has 1 aliphatic rings. The molecule has 1 aromatic heterocycles. The molecule has 2 N–H and O–H groups in total. The summed E-state index contributed by atoms with van der Waals surface area (Å²) in [5.74, 6) is 1.34. The van der Waals surface area contributed by atoms with E-state index < -0.39 is 0 Å². The van der Waals surface area contributed by atoms with Crippen LogP contribution >= 0.6 is 11.6 Å². The van der Waals surface area contributed by atoms with E-state index in [1.807, 2.05) is 16.8 Å². The first-order valence-electron chi connectivity index (χ1n) is 7.00. The number of anilines is 1. The summed E-state index contributed by atoms with van der Waals surface area (Å²) in [5.41, 5.74) is 7.39. The molecule has 1 aromatic carbocycles. The van der Waals surface area contributed by atoms with E-state index in [0.717, 1.165) is 5.56 Å². The van der Waals surface area contributed by atoms with Crippen LogP contribution < -0.4 is 5.73 Å². The summed E-state index contributed by atoms with van der Waals surface area (Å²) in [6.45, 7) is 2.18. The van der Waals surface area contributed by atoms with Crippen molar-refractivity contribution in [2.45, 2.75) is 38.6 Å². The Morgan fingerprint density at radius 1 is 1.35 bits per heavy atom. The molecule has 0 amide bonds. The lowest BCUT2D eigenvalue weighted by atomic mass is 9.99. The van der Waals surface area contributed by atoms with Crippen molar-refractivity contribution in [3.63, 3.8) is 0 Å². The van der Waals surface area contributed by atoms with Crippen molar-refractivity contribution in [1.82, 2.24) is 20.2 Å². The molecule has 6 heteroatoms. The van der Waals surface area contributed by atoms with E-state index in [2.05, 4.69) is 22.4 Å². The minimum Gasteiger partial charge on any atom is -0.397 e. The highest BCUT2D eigenvalue weighted by Gasteiger charge is 2.26. The minimum absolute atomic E-state index is 0.279. The summed E-state index contributed by atoms with van der Waals surface area (Å²) in [6.07, 6.45) is 5.08. The van der Waals surface area contributed by atoms with Gasteiger partial charge in [-0.3, -0.25) is 0 Å². The molecule has 0 spiro atoms. The van der Waals surface area contributed by atoms with Gasteiger partial charge in [0.1, 0.15) is 0 Å². The molecule has 1 saturated carbocycles. The lowest BCUT2D eigenvalue weighted by molar-refractivity contribution is 0.332. The van der Waals surface area contributed by atoms with E-state index in [1.165, 1.54) is 25.7 Å². The second-order valence-corrected chi connectivity index (χ2v) is 5.84. The Bertz CT molecular complexity index is 603. The van der Waals surface area contributed by atoms with Gasteiger partial charge in [0.05, 0.1) is 16.8 Å². The van der Waals surface area contributed by atoms with Crippen molar-refractivity contribution in [3.8, 4) is 11.4 Å². The third kappa shape index (κ3) is 2.26. The van der Waals surface area contributed by atoms with Crippen LogP contribution in [0.5, 0.6) is 0 Å². The average Bonchev–Trinajstić information content (AvgIpc) is 3.11. The monoisotopic (exact) mass is 291 g/mol. The summed E-state index contributed by atoms with van der Waals surface area (Å²) in [6, 6.07) is 5.83. The second kappa shape index (κ2) is 5.40. The number of halogens is 1. The van der Waals surface area contributed by atoms with Gasteiger partial charge in [0.25, 0.3) is 0 Å². The van der Waals surface area contributed by atoms with Crippen LogP contribution in [0, 0.1) is 5.92 Å². The zero-order chi connectivity index (χ0) is 14.1. The largest absolute Gasteiger partial charge is 0.397 e. The minimum atomic E-state index is 0.279. The Hall–Kier alpha value is -1.62. The van der Waals surface area contributed by atoms with Crippen LogP contribution in [-0.2, 0) is 0 Å². The number of nitrogens with zero attached hydrogens (tertiary/aromatic N) is 4. The van der Waals surface area contributed by atoms with E-state index >= 15 is 0 Å². The van der Waals surface area contributed by atoms with Gasteiger partial charge in [-0.2, -0.15) is 0 Å². The van der Waals surface area contributed by atoms with Gasteiger partial charge < -0.3 is 5.73 Å². The zero-order valence-corrected chi connectivity index (χ0v) is 12.2. The van der Waals surface area contributed by atoms with E-state index in [-0.39, 0.29) is 6.04 Å². The number of tetrazole rings is 1. The summed E-state index contributed by atoms with van der Waals surface area (Å²) in [4.78, 5) is 0. The molecule has 20 heavy (non-hydrogen) atoms. The first-order valence-corrected chi connectivity index (χ1v) is 7.38. The quantitative estimate of drug-likeness (QED) is 0.881. The first kappa shape index (κ1) is 13.4. The Labute approximate surface area is 123 Å². The number of rotatable bonds is 3. The van der Waals surface area contributed by atoms with Crippen LogP contribution in [0.25, 0.3) is 11.4 Å². The number of para-hydroxylation sites is 1. The normalized spacial score (nSPS) is 17.5. The molecule has 2 aromatic rings. The lowest BCUT2D eigenvalue weighted by Gasteiger charge is -2.20. The number of nitrogen functional groups attached to an aromatic ring is 1. The van der Waals surface area contributed by atoms with Gasteiger partial charge in [0, 0.05) is 5.56 Å². The van der Waals surface area contributed by atoms with Crippen molar-refractivity contribution in [1.29, 1.82) is 0 Å². The molecule has 0 saturated heterocycles. The molecule has 0 aliphatic heterocycles. The van der Waals surface area contributed by atoms with Crippen molar-refractivity contribution in [3.05, 3.63) is 23.2 Å². The van der Waals surface area contributed by atoms with Crippen LogP contribution in [0.15, 0.2) is 18.2 Å². The standard InChI is InChI=1S/C14H18ClN5/c1-9(10-5-2-3-6-10)20-14(17-18-19-20)11-7-4-8-12(15)13(11)16/h4,7-10H,2-3,5-6,16H2,1H3. The van der Waals surface area contributed by atoms with Gasteiger partial charge in [-0.1, -0.05) is 30.5 Å². The number of nitrogens with two attached hydrogens (primary N) is 1. The van der Waals surface area contributed by atoms with Gasteiger partial charge in [0.2, 0.25) is 0 Å². The molecule has 3 rings (SSSR count). The van der Waals surface area contributed by atoms with Gasteiger partial charge in [-0.15, -0.1) is 5.10 Å². The third-order valence-electron chi connectivity index (χ3n) is 4.25. The molecule has 1 atom stereocenters. The molecule has 0 radical (unpaired) electrons. The summed E-state index contributed by atoms with van der Waals surface area (Å²) in [5, 5.41) is 12.7. The predicted molar refractivity (Wildman–Crippen MR) is 79.3 cm³/mol. The van der Waals surface area contributed by atoms with Crippen molar-refractivity contribution < 1.29 is 0 Å². The topological polar surface area (TPSA) is 69.6 Å². The fourth-order valence-electron chi connectivity index (χ4n) is 3.02. The fourth-order valence-corrected chi connectivity index (χ4v) is 3.19. The molecule has 1 unspecified atom stereocenters. The van der Waals surface area contributed by atoms with Gasteiger partial charge in [0.15, 0.2) is 5.82 Å². The van der Waals surface area contributed by atoms with E-state index in [4.69, 9.17) is 17.3 Å². The predicted octanol–water partition coefficient (Wildman–Crippen LogP) is 3.33. The van der Waals surface area contributed by atoms with Crippen LogP contribution in [0.1, 0.15) is 38.6 Å². The highest BCUT2D eigenvalue weighted by Crippen LogP contribution is 2.36. The van der Waals surface area contributed by atoms with Crippen LogP contribution in [-0.4, -0.2) is 20.2 Å². The van der Waals surface area contributed by atoms with Crippen LogP contribution in [0.4, 0.5) is 5.69 Å². The Morgan fingerprint density at radius 3 is 2.85 bits per heavy atom. The molecular formula is C14H18ClN5. The third-order valence-corrected chi connectivity index (χ3v) is 4.58. The average molecular weight is 292 g/mol. The maximum Gasteiger partial charge on any atom is 0.184 e. The van der Waals surface area contributed by atoms with Gasteiger partial charge in [-0.25, -0.2) is 4.68 Å². The highest BCUT2D eigenvalue weighted by atomic mass is 35.5. The molecule has 0 bridgehead atoms. The van der Waals surface area contributed by atoms with Crippen molar-refractivity contribution in [2.75, 3.05) is 5.73 Å². The number of benzene rings is 1. The van der Waals surface area contributed by atoms with Crippen LogP contribution in [0.3, 0.4) is 0 Å². The van der Waals surface area contributed by atoms with E-state index in [9.17, 15) is 0 Å². The maximum absolute atomic E-state index is 6.09. The van der Waals surface area contributed by atoms with Crippen LogP contribution in [0.2, 0.25) is 5.02 Å². The fraction of sp³-hybridized carbons (Fsp3) is 0.500. The smallest absolute Gasteiger partial charge is 0.184 e. The first-order chi connectivity index (χ1) is 9.68. The maximum atomic E-state index is 6.09. The summed E-state index contributed by atoms with van der Waals surface area (Å²) >= 11 is 6.09. The highest BCUT2D eigenvalue weighted by molar-refractivity contribution is 6.33. The summed E-state index contributed by atoms with van der Waals surface area (Å²) < 4.78 is 1.89. The SMILES string of the molecule is CC(C1CCCC1)n1nnnc1-c1cccc(Cl)c1N. The number of hydrogen-bond donors (Lipinski definition) is 1. The molecule has 5 nitrogen and oxygen atoms in total. The van der Waals surface area contributed by atoms with Crippen molar-refractivity contribution in [2.24, 2.45) is 5.92 Å². The van der Waals surface area contributed by atoms with E-state index in [0.29, 0.717) is 22.5 Å². The molecule has 106 valence electrons. The zero-order valence-electron chi connectivity index (χ0n) is 11.5. The summed E-state index contributed by atoms with van der Waals surface area (Å²) in [7, 11) is 0. The number of hydrogen-bond acceptors (Lipinski definition) is 4. The Morgan fingerprint density at radius 2 is 2.10 bits per heavy atom.